The second-order valence-electron chi connectivity index (χ2n) is 5.33. The third-order valence-electron chi connectivity index (χ3n) is 3.52. The van der Waals surface area contributed by atoms with Gasteiger partial charge in [-0.05, 0) is 31.3 Å². The average Bonchev–Trinajstić information content (AvgIpc) is 2.91. The Morgan fingerprint density at radius 1 is 1.25 bits per heavy atom. The molecule has 1 heterocycles. The summed E-state index contributed by atoms with van der Waals surface area (Å²) in [5.74, 6) is -0.310. The van der Waals surface area contributed by atoms with Crippen molar-refractivity contribution in [1.29, 1.82) is 0 Å². The Kier molecular flexibility index (Phi) is 4.52. The number of hydrogen-bond donors (Lipinski definition) is 2. The Morgan fingerprint density at radius 3 is 2.67 bits per heavy atom. The lowest BCUT2D eigenvalue weighted by Gasteiger charge is -2.09. The summed E-state index contributed by atoms with van der Waals surface area (Å²) in [7, 11) is 0. The van der Waals surface area contributed by atoms with E-state index in [0.717, 1.165) is 11.1 Å². The Bertz CT molecular complexity index is 930. The highest BCUT2D eigenvalue weighted by Crippen LogP contribution is 2.18. The van der Waals surface area contributed by atoms with Crippen molar-refractivity contribution in [3.63, 3.8) is 0 Å². The summed E-state index contributed by atoms with van der Waals surface area (Å²) < 4.78 is 15.5. The first kappa shape index (κ1) is 16.1. The van der Waals surface area contributed by atoms with Crippen LogP contribution in [0.3, 0.4) is 0 Å². The van der Waals surface area contributed by atoms with Crippen LogP contribution in [0.25, 0.3) is 11.4 Å². The van der Waals surface area contributed by atoms with Crippen LogP contribution >= 0.6 is 12.2 Å². The van der Waals surface area contributed by atoms with Crippen molar-refractivity contribution in [3.05, 3.63) is 64.7 Å². The fourth-order valence-corrected chi connectivity index (χ4v) is 2.48. The van der Waals surface area contributed by atoms with Crippen molar-refractivity contribution < 1.29 is 9.18 Å². The van der Waals surface area contributed by atoms with Crippen molar-refractivity contribution >= 4 is 23.8 Å². The van der Waals surface area contributed by atoms with E-state index in [-0.39, 0.29) is 18.1 Å². The predicted molar refractivity (Wildman–Crippen MR) is 92.6 cm³/mol. The number of para-hydroxylation sites is 1. The van der Waals surface area contributed by atoms with Crippen LogP contribution in [-0.4, -0.2) is 20.7 Å². The fraction of sp³-hybridized carbons (Fsp3) is 0.118. The van der Waals surface area contributed by atoms with Crippen LogP contribution in [0, 0.1) is 17.5 Å². The molecule has 24 heavy (non-hydrogen) atoms. The lowest BCUT2D eigenvalue weighted by atomic mass is 10.1. The Balaban J connectivity index is 1.84. The molecule has 0 unspecified atom stereocenters. The maximum Gasteiger partial charge on any atom is 0.244 e. The molecular formula is C17H15FN4OS. The van der Waals surface area contributed by atoms with Crippen LogP contribution < -0.4 is 5.32 Å². The van der Waals surface area contributed by atoms with E-state index in [1.807, 2.05) is 31.2 Å². The first-order chi connectivity index (χ1) is 11.5. The van der Waals surface area contributed by atoms with Gasteiger partial charge in [0.05, 0.1) is 5.69 Å². The van der Waals surface area contributed by atoms with Gasteiger partial charge in [0, 0.05) is 5.56 Å². The van der Waals surface area contributed by atoms with E-state index < -0.39 is 5.82 Å². The third kappa shape index (κ3) is 3.41. The molecule has 2 N–H and O–H groups in total. The molecule has 122 valence electrons. The van der Waals surface area contributed by atoms with Crippen molar-refractivity contribution in [3.8, 4) is 11.4 Å². The maximum atomic E-state index is 13.6. The lowest BCUT2D eigenvalue weighted by molar-refractivity contribution is -0.116. The smallest absolute Gasteiger partial charge is 0.244 e. The number of aromatic amines is 1. The van der Waals surface area contributed by atoms with Crippen LogP contribution in [0.1, 0.15) is 5.56 Å². The maximum absolute atomic E-state index is 13.6. The highest BCUT2D eigenvalue weighted by molar-refractivity contribution is 7.71. The summed E-state index contributed by atoms with van der Waals surface area (Å²) in [4.78, 5) is 12.2. The molecule has 0 saturated carbocycles. The first-order valence-electron chi connectivity index (χ1n) is 7.31. The SMILES string of the molecule is Cc1ccc(-c2n[nH]c(=S)n2CC(=O)Nc2ccccc2F)cc1. The highest BCUT2D eigenvalue weighted by Gasteiger charge is 2.13. The number of carbonyl (C=O) groups excluding carboxylic acids is 1. The third-order valence-corrected chi connectivity index (χ3v) is 3.83. The van der Waals surface area contributed by atoms with Gasteiger partial charge in [-0.15, -0.1) is 0 Å². The normalized spacial score (nSPS) is 10.6. The Hall–Kier alpha value is -2.80. The molecule has 0 atom stereocenters. The molecule has 1 amide bonds. The van der Waals surface area contributed by atoms with Crippen LogP contribution in [0.4, 0.5) is 10.1 Å². The van der Waals surface area contributed by atoms with E-state index in [9.17, 15) is 9.18 Å². The molecule has 1 aromatic heterocycles. The lowest BCUT2D eigenvalue weighted by Crippen LogP contribution is -2.20. The summed E-state index contributed by atoms with van der Waals surface area (Å²) in [6.45, 7) is 1.93. The first-order valence-corrected chi connectivity index (χ1v) is 7.72. The number of aryl methyl sites for hydroxylation is 1. The molecule has 0 radical (unpaired) electrons. The van der Waals surface area contributed by atoms with Gasteiger partial charge in [0.2, 0.25) is 5.91 Å². The number of aromatic nitrogens is 3. The zero-order valence-electron chi connectivity index (χ0n) is 12.9. The minimum absolute atomic E-state index is 0.0626. The number of benzene rings is 2. The quantitative estimate of drug-likeness (QED) is 0.711. The molecule has 0 aliphatic carbocycles. The molecule has 3 rings (SSSR count). The van der Waals surface area contributed by atoms with Crippen molar-refractivity contribution in [2.75, 3.05) is 5.32 Å². The summed E-state index contributed by atoms with van der Waals surface area (Å²) >= 11 is 5.20. The van der Waals surface area contributed by atoms with E-state index in [1.165, 1.54) is 12.1 Å². The van der Waals surface area contributed by atoms with Gasteiger partial charge in [-0.2, -0.15) is 5.10 Å². The summed E-state index contributed by atoms with van der Waals surface area (Å²) in [6.07, 6.45) is 0. The number of nitrogens with zero attached hydrogens (tertiary/aromatic N) is 2. The minimum atomic E-state index is -0.486. The summed E-state index contributed by atoms with van der Waals surface area (Å²) in [6, 6.07) is 13.7. The van der Waals surface area contributed by atoms with Gasteiger partial charge in [0.25, 0.3) is 0 Å². The van der Waals surface area contributed by atoms with Crippen LogP contribution in [0.15, 0.2) is 48.5 Å². The Labute approximate surface area is 143 Å². The summed E-state index contributed by atoms with van der Waals surface area (Å²) in [5.41, 5.74) is 2.10. The van der Waals surface area contributed by atoms with Gasteiger partial charge in [-0.25, -0.2) is 4.39 Å². The van der Waals surface area contributed by atoms with Crippen LogP contribution in [0.2, 0.25) is 0 Å². The van der Waals surface area contributed by atoms with Gasteiger partial charge in [-0.1, -0.05) is 42.0 Å². The molecule has 0 spiro atoms. The predicted octanol–water partition coefficient (Wildman–Crippen LogP) is 3.69. The van der Waals surface area contributed by atoms with Crippen LogP contribution in [0.5, 0.6) is 0 Å². The number of H-pyrrole nitrogens is 1. The molecule has 0 fully saturated rings. The number of amides is 1. The second-order valence-corrected chi connectivity index (χ2v) is 5.72. The number of nitrogens with one attached hydrogen (secondary N) is 2. The monoisotopic (exact) mass is 342 g/mol. The molecular weight excluding hydrogens is 327 g/mol. The molecule has 3 aromatic rings. The molecule has 0 saturated heterocycles. The molecule has 0 aliphatic heterocycles. The highest BCUT2D eigenvalue weighted by atomic mass is 32.1. The van der Waals surface area contributed by atoms with E-state index in [0.29, 0.717) is 10.6 Å². The second kappa shape index (κ2) is 6.76. The zero-order chi connectivity index (χ0) is 17.1. The number of halogens is 1. The van der Waals surface area contributed by atoms with E-state index in [1.54, 1.807) is 16.7 Å². The average molecular weight is 342 g/mol. The molecule has 7 heteroatoms. The van der Waals surface area contributed by atoms with Crippen molar-refractivity contribution in [2.45, 2.75) is 13.5 Å². The largest absolute Gasteiger partial charge is 0.322 e. The molecule has 5 nitrogen and oxygen atoms in total. The molecule has 2 aromatic carbocycles. The van der Waals surface area contributed by atoms with Gasteiger partial charge in [0.15, 0.2) is 10.6 Å². The van der Waals surface area contributed by atoms with E-state index >= 15 is 0 Å². The number of rotatable bonds is 4. The van der Waals surface area contributed by atoms with Gasteiger partial charge in [-0.3, -0.25) is 14.5 Å². The fourth-order valence-electron chi connectivity index (χ4n) is 2.28. The number of anilines is 1. The van der Waals surface area contributed by atoms with Crippen molar-refractivity contribution in [2.24, 2.45) is 0 Å². The molecule has 0 aliphatic rings. The van der Waals surface area contributed by atoms with Crippen LogP contribution in [-0.2, 0) is 11.3 Å². The minimum Gasteiger partial charge on any atom is -0.322 e. The van der Waals surface area contributed by atoms with E-state index in [2.05, 4.69) is 15.5 Å². The Morgan fingerprint density at radius 2 is 1.96 bits per heavy atom. The number of carbonyl (C=O) groups is 1. The zero-order valence-corrected chi connectivity index (χ0v) is 13.7. The van der Waals surface area contributed by atoms with Gasteiger partial charge in [0.1, 0.15) is 12.4 Å². The van der Waals surface area contributed by atoms with Crippen molar-refractivity contribution in [1.82, 2.24) is 14.8 Å². The topological polar surface area (TPSA) is 62.7 Å². The standard InChI is InChI=1S/C17H15FN4OS/c1-11-6-8-12(9-7-11)16-20-21-17(24)22(16)10-15(23)19-14-5-3-2-4-13(14)18/h2-9H,10H2,1H3,(H,19,23)(H,21,24). The summed E-state index contributed by atoms with van der Waals surface area (Å²) in [5, 5.41) is 9.42. The van der Waals surface area contributed by atoms with Gasteiger partial charge < -0.3 is 5.32 Å². The molecule has 0 bridgehead atoms. The number of hydrogen-bond acceptors (Lipinski definition) is 3. The van der Waals surface area contributed by atoms with E-state index in [4.69, 9.17) is 12.2 Å². The van der Waals surface area contributed by atoms with Gasteiger partial charge >= 0.3 is 0 Å².